The monoisotopic (exact) mass is 477 g/mol. The molecule has 0 atom stereocenters. The van der Waals surface area contributed by atoms with Crippen LogP contribution in [-0.4, -0.2) is 55.5 Å². The first-order valence-electron chi connectivity index (χ1n) is 10.9. The Kier molecular flexibility index (Phi) is 8.14. The molecule has 2 aromatic carbocycles. The van der Waals surface area contributed by atoms with Gasteiger partial charge in [0.25, 0.3) is 0 Å². The normalized spacial score (nSPS) is 13.8. The molecule has 3 rings (SSSR count). The summed E-state index contributed by atoms with van der Waals surface area (Å²) in [5.41, 5.74) is 1.54. The fraction of sp³-hybridized carbons (Fsp3) is 0.375. The first-order valence-corrected chi connectivity index (χ1v) is 10.9. The molecule has 0 radical (unpaired) electrons. The van der Waals surface area contributed by atoms with Crippen LogP contribution in [0.2, 0.25) is 0 Å². The third kappa shape index (κ3) is 6.49. The Labute approximate surface area is 195 Å². The lowest BCUT2D eigenvalue weighted by Gasteiger charge is -2.33. The number of hydrogen-bond acceptors (Lipinski definition) is 4. The molecular formula is C24H26F3N3O4. The SMILES string of the molecule is COc1cccc(N(Cc2ccc(C(=O)CNC(=O)C(F)(F)F)cc2)C(=O)N2CCCCC2)c1. The van der Waals surface area contributed by atoms with Crippen molar-refractivity contribution in [1.82, 2.24) is 10.2 Å². The van der Waals surface area contributed by atoms with E-state index >= 15 is 0 Å². The van der Waals surface area contributed by atoms with E-state index in [0.29, 0.717) is 24.5 Å². The first kappa shape index (κ1) is 25.1. The summed E-state index contributed by atoms with van der Waals surface area (Å²) >= 11 is 0. The van der Waals surface area contributed by atoms with Crippen LogP contribution in [0.4, 0.5) is 23.7 Å². The van der Waals surface area contributed by atoms with Crippen molar-refractivity contribution in [2.24, 2.45) is 0 Å². The van der Waals surface area contributed by atoms with Crippen molar-refractivity contribution >= 4 is 23.4 Å². The molecule has 0 bridgehead atoms. The fourth-order valence-corrected chi connectivity index (χ4v) is 3.65. The summed E-state index contributed by atoms with van der Waals surface area (Å²) in [5.74, 6) is -2.21. The molecule has 0 unspecified atom stereocenters. The number of anilines is 1. The smallest absolute Gasteiger partial charge is 0.471 e. The highest BCUT2D eigenvalue weighted by Gasteiger charge is 2.38. The topological polar surface area (TPSA) is 79.0 Å². The summed E-state index contributed by atoms with van der Waals surface area (Å²) < 4.78 is 42.2. The van der Waals surface area contributed by atoms with Gasteiger partial charge in [-0.05, 0) is 37.0 Å². The van der Waals surface area contributed by atoms with Crippen molar-refractivity contribution in [1.29, 1.82) is 0 Å². The number of ketones is 1. The van der Waals surface area contributed by atoms with Crippen LogP contribution in [0.25, 0.3) is 0 Å². The number of methoxy groups -OCH3 is 1. The van der Waals surface area contributed by atoms with E-state index < -0.39 is 24.4 Å². The van der Waals surface area contributed by atoms with E-state index in [1.54, 1.807) is 47.7 Å². The van der Waals surface area contributed by atoms with Gasteiger partial charge in [0.05, 0.1) is 20.2 Å². The van der Waals surface area contributed by atoms with Gasteiger partial charge in [0.1, 0.15) is 5.75 Å². The molecule has 2 aromatic rings. The number of likely N-dealkylation sites (tertiary alicyclic amines) is 1. The van der Waals surface area contributed by atoms with Crippen molar-refractivity contribution < 1.29 is 32.3 Å². The van der Waals surface area contributed by atoms with Crippen LogP contribution in [0.15, 0.2) is 48.5 Å². The number of alkyl halides is 3. The fourth-order valence-electron chi connectivity index (χ4n) is 3.65. The van der Waals surface area contributed by atoms with Gasteiger partial charge in [-0.3, -0.25) is 14.5 Å². The molecule has 7 nitrogen and oxygen atoms in total. The van der Waals surface area contributed by atoms with Crippen LogP contribution in [-0.2, 0) is 11.3 Å². The molecule has 1 heterocycles. The summed E-state index contributed by atoms with van der Waals surface area (Å²) in [6, 6.07) is 13.2. The Balaban J connectivity index is 1.74. The third-order valence-corrected chi connectivity index (χ3v) is 5.51. The Morgan fingerprint density at radius 2 is 1.71 bits per heavy atom. The summed E-state index contributed by atoms with van der Waals surface area (Å²) in [6.07, 6.45) is -2.07. The second-order valence-corrected chi connectivity index (χ2v) is 7.92. The second-order valence-electron chi connectivity index (χ2n) is 7.92. The Morgan fingerprint density at radius 3 is 2.32 bits per heavy atom. The number of urea groups is 1. The first-order chi connectivity index (χ1) is 16.2. The average Bonchev–Trinajstić information content (AvgIpc) is 2.85. The average molecular weight is 477 g/mol. The number of amides is 3. The summed E-state index contributed by atoms with van der Waals surface area (Å²) in [4.78, 5) is 39.8. The number of nitrogens with one attached hydrogen (secondary N) is 1. The zero-order chi connectivity index (χ0) is 24.7. The van der Waals surface area contributed by atoms with Gasteiger partial charge in [0.2, 0.25) is 0 Å². The maximum atomic E-state index is 13.3. The molecule has 1 aliphatic rings. The van der Waals surface area contributed by atoms with E-state index in [4.69, 9.17) is 4.74 Å². The molecule has 0 aliphatic carbocycles. The number of Topliss-reactive ketones (excluding diaryl/α,β-unsaturated/α-hetero) is 1. The number of piperidine rings is 1. The van der Waals surface area contributed by atoms with Gasteiger partial charge >= 0.3 is 18.1 Å². The van der Waals surface area contributed by atoms with Crippen molar-refractivity contribution in [2.45, 2.75) is 32.0 Å². The number of benzene rings is 2. The molecule has 182 valence electrons. The van der Waals surface area contributed by atoms with Crippen molar-refractivity contribution in [3.8, 4) is 5.75 Å². The van der Waals surface area contributed by atoms with Crippen LogP contribution < -0.4 is 15.0 Å². The van der Waals surface area contributed by atoms with E-state index in [1.807, 2.05) is 11.0 Å². The molecule has 1 saturated heterocycles. The van der Waals surface area contributed by atoms with E-state index in [0.717, 1.165) is 24.8 Å². The largest absolute Gasteiger partial charge is 0.497 e. The lowest BCUT2D eigenvalue weighted by atomic mass is 10.1. The predicted octanol–water partition coefficient (Wildman–Crippen LogP) is 4.17. The van der Waals surface area contributed by atoms with Gasteiger partial charge < -0.3 is 15.0 Å². The third-order valence-electron chi connectivity index (χ3n) is 5.51. The number of carbonyl (C=O) groups is 3. The van der Waals surface area contributed by atoms with Crippen molar-refractivity contribution in [3.63, 3.8) is 0 Å². The molecule has 34 heavy (non-hydrogen) atoms. The number of carbonyl (C=O) groups excluding carboxylic acids is 3. The van der Waals surface area contributed by atoms with Crippen molar-refractivity contribution in [2.75, 3.05) is 31.6 Å². The molecule has 1 fully saturated rings. The molecule has 0 aromatic heterocycles. The van der Waals surface area contributed by atoms with E-state index in [2.05, 4.69) is 0 Å². The number of ether oxygens (including phenoxy) is 1. The number of hydrogen-bond donors (Lipinski definition) is 1. The summed E-state index contributed by atoms with van der Waals surface area (Å²) in [5, 5.41) is 1.57. The molecule has 3 amide bonds. The lowest BCUT2D eigenvalue weighted by molar-refractivity contribution is -0.173. The van der Waals surface area contributed by atoms with Gasteiger partial charge in [-0.1, -0.05) is 30.3 Å². The minimum Gasteiger partial charge on any atom is -0.497 e. The summed E-state index contributed by atoms with van der Waals surface area (Å²) in [7, 11) is 1.54. The molecular weight excluding hydrogens is 451 g/mol. The zero-order valence-electron chi connectivity index (χ0n) is 18.7. The summed E-state index contributed by atoms with van der Waals surface area (Å²) in [6.45, 7) is 0.815. The van der Waals surface area contributed by atoms with E-state index in [9.17, 15) is 27.6 Å². The van der Waals surface area contributed by atoms with Crippen molar-refractivity contribution in [3.05, 3.63) is 59.7 Å². The highest BCUT2D eigenvalue weighted by Crippen LogP contribution is 2.25. The lowest BCUT2D eigenvalue weighted by Crippen LogP contribution is -2.45. The quantitative estimate of drug-likeness (QED) is 0.608. The van der Waals surface area contributed by atoms with Crippen LogP contribution >= 0.6 is 0 Å². The molecule has 1 aliphatic heterocycles. The van der Waals surface area contributed by atoms with Crippen LogP contribution in [0, 0.1) is 0 Å². The van der Waals surface area contributed by atoms with E-state index in [1.165, 1.54) is 12.1 Å². The van der Waals surface area contributed by atoms with Gasteiger partial charge in [0, 0.05) is 30.4 Å². The number of halogens is 3. The zero-order valence-corrected chi connectivity index (χ0v) is 18.7. The van der Waals surface area contributed by atoms with Crippen LogP contribution in [0.3, 0.4) is 0 Å². The second kappa shape index (κ2) is 11.0. The molecule has 0 saturated carbocycles. The Bertz CT molecular complexity index is 1020. The number of rotatable bonds is 7. The minimum atomic E-state index is -5.05. The van der Waals surface area contributed by atoms with Crippen LogP contribution in [0.1, 0.15) is 35.2 Å². The maximum absolute atomic E-state index is 13.3. The van der Waals surface area contributed by atoms with Gasteiger partial charge in [-0.25, -0.2) is 4.79 Å². The Hall–Kier alpha value is -3.56. The molecule has 0 spiro atoms. The van der Waals surface area contributed by atoms with Crippen LogP contribution in [0.5, 0.6) is 5.75 Å². The standard InChI is InChI=1S/C24H26F3N3O4/c1-34-20-7-5-6-19(14-20)30(23(33)29-12-3-2-4-13-29)16-17-8-10-18(11-9-17)21(31)15-28-22(32)24(25,26)27/h5-11,14H,2-4,12-13,15-16H2,1H3,(H,28,32). The molecule has 1 N–H and O–H groups in total. The van der Waals surface area contributed by atoms with E-state index in [-0.39, 0.29) is 18.1 Å². The Morgan fingerprint density at radius 1 is 1.03 bits per heavy atom. The maximum Gasteiger partial charge on any atom is 0.471 e. The minimum absolute atomic E-state index is 0.136. The van der Waals surface area contributed by atoms with Gasteiger partial charge in [-0.2, -0.15) is 13.2 Å². The molecule has 10 heteroatoms. The highest BCUT2D eigenvalue weighted by molar-refractivity contribution is 5.99. The number of nitrogens with zero attached hydrogens (tertiary/aromatic N) is 2. The predicted molar refractivity (Wildman–Crippen MR) is 120 cm³/mol. The van der Waals surface area contributed by atoms with Gasteiger partial charge in [-0.15, -0.1) is 0 Å². The van der Waals surface area contributed by atoms with Gasteiger partial charge in [0.15, 0.2) is 5.78 Å². The highest BCUT2D eigenvalue weighted by atomic mass is 19.4.